The van der Waals surface area contributed by atoms with Crippen LogP contribution in [0.25, 0.3) is 0 Å². The van der Waals surface area contributed by atoms with E-state index in [0.717, 1.165) is 30.8 Å². The van der Waals surface area contributed by atoms with Crippen LogP contribution in [0.2, 0.25) is 0 Å². The molecule has 0 radical (unpaired) electrons. The van der Waals surface area contributed by atoms with Crippen LogP contribution >= 0.6 is 0 Å². The molecule has 7 heteroatoms. The van der Waals surface area contributed by atoms with Gasteiger partial charge in [0, 0.05) is 32.4 Å². The van der Waals surface area contributed by atoms with Crippen LogP contribution in [0.5, 0.6) is 0 Å². The molecule has 0 aromatic carbocycles. The minimum absolute atomic E-state index is 0.0223. The monoisotopic (exact) mass is 324 g/mol. The molecule has 3 rings (SSSR count). The Morgan fingerprint density at radius 3 is 2.64 bits per heavy atom. The molecule has 0 bridgehead atoms. The van der Waals surface area contributed by atoms with E-state index in [4.69, 9.17) is 0 Å². The molecular weight excluding hydrogens is 300 g/mol. The zero-order valence-electron chi connectivity index (χ0n) is 13.3. The van der Waals surface area contributed by atoms with Crippen molar-refractivity contribution in [2.45, 2.75) is 32.2 Å². The van der Waals surface area contributed by atoms with Gasteiger partial charge in [-0.05, 0) is 31.2 Å². The van der Waals surface area contributed by atoms with Crippen molar-refractivity contribution in [2.75, 3.05) is 41.4 Å². The molecule has 2 aliphatic heterocycles. The molecule has 2 fully saturated rings. The Bertz CT molecular complexity index is 626. The molecule has 1 aromatic rings. The van der Waals surface area contributed by atoms with Gasteiger partial charge in [-0.1, -0.05) is 6.92 Å². The SMILES string of the molecule is CC1CCN(c2nccc(N(C)C3CCS(=O)(=O)C3)n2)CC1. The Hall–Kier alpha value is -1.37. The van der Waals surface area contributed by atoms with Crippen molar-refractivity contribution in [2.24, 2.45) is 5.92 Å². The van der Waals surface area contributed by atoms with Crippen molar-refractivity contribution in [1.82, 2.24) is 9.97 Å². The van der Waals surface area contributed by atoms with E-state index >= 15 is 0 Å². The largest absolute Gasteiger partial charge is 0.355 e. The lowest BCUT2D eigenvalue weighted by Crippen LogP contribution is -2.36. The predicted molar refractivity (Wildman–Crippen MR) is 88.1 cm³/mol. The highest BCUT2D eigenvalue weighted by atomic mass is 32.2. The van der Waals surface area contributed by atoms with Crippen LogP contribution in [0.3, 0.4) is 0 Å². The summed E-state index contributed by atoms with van der Waals surface area (Å²) in [5, 5.41) is 0. The fourth-order valence-corrected chi connectivity index (χ4v) is 4.94. The van der Waals surface area contributed by atoms with Crippen LogP contribution in [0.1, 0.15) is 26.2 Å². The van der Waals surface area contributed by atoms with Crippen LogP contribution in [0.4, 0.5) is 11.8 Å². The summed E-state index contributed by atoms with van der Waals surface area (Å²) >= 11 is 0. The molecule has 6 nitrogen and oxygen atoms in total. The van der Waals surface area contributed by atoms with Crippen molar-refractivity contribution in [1.29, 1.82) is 0 Å². The molecule has 122 valence electrons. The van der Waals surface area contributed by atoms with Crippen LogP contribution in [-0.4, -0.2) is 56.1 Å². The molecule has 2 aliphatic rings. The Morgan fingerprint density at radius 1 is 1.27 bits per heavy atom. The minimum atomic E-state index is -2.88. The fraction of sp³-hybridized carbons (Fsp3) is 0.733. The molecule has 2 saturated heterocycles. The zero-order chi connectivity index (χ0) is 15.7. The Labute approximate surface area is 132 Å². The van der Waals surface area contributed by atoms with Crippen LogP contribution in [0.15, 0.2) is 12.3 Å². The van der Waals surface area contributed by atoms with Crippen molar-refractivity contribution in [3.63, 3.8) is 0 Å². The summed E-state index contributed by atoms with van der Waals surface area (Å²) in [5.74, 6) is 2.85. The van der Waals surface area contributed by atoms with Crippen molar-refractivity contribution in [3.05, 3.63) is 12.3 Å². The molecule has 1 atom stereocenters. The maximum absolute atomic E-state index is 11.7. The number of nitrogens with zero attached hydrogens (tertiary/aromatic N) is 4. The summed E-state index contributed by atoms with van der Waals surface area (Å²) < 4.78 is 23.3. The number of hydrogen-bond donors (Lipinski definition) is 0. The number of rotatable bonds is 3. The molecule has 1 unspecified atom stereocenters. The highest BCUT2D eigenvalue weighted by molar-refractivity contribution is 7.91. The smallest absolute Gasteiger partial charge is 0.227 e. The van der Waals surface area contributed by atoms with Gasteiger partial charge < -0.3 is 9.80 Å². The van der Waals surface area contributed by atoms with Crippen molar-refractivity contribution >= 4 is 21.6 Å². The Morgan fingerprint density at radius 2 is 2.00 bits per heavy atom. The first-order chi connectivity index (χ1) is 10.4. The Kier molecular flexibility index (Phi) is 4.25. The molecule has 22 heavy (non-hydrogen) atoms. The molecule has 0 N–H and O–H groups in total. The van der Waals surface area contributed by atoms with Gasteiger partial charge in [-0.25, -0.2) is 13.4 Å². The van der Waals surface area contributed by atoms with Gasteiger partial charge in [0.15, 0.2) is 9.84 Å². The average molecular weight is 324 g/mol. The van der Waals surface area contributed by atoms with Gasteiger partial charge >= 0.3 is 0 Å². The second-order valence-corrected chi connectivity index (χ2v) is 8.78. The molecule has 1 aromatic heterocycles. The van der Waals surface area contributed by atoms with Crippen LogP contribution in [-0.2, 0) is 9.84 Å². The second kappa shape index (κ2) is 6.02. The maximum atomic E-state index is 11.7. The number of anilines is 2. The standard InChI is InChI=1S/C15H24N4O2S/c1-12-4-8-19(9-5-12)15-16-7-3-14(17-15)18(2)13-6-10-22(20,21)11-13/h3,7,12-13H,4-6,8-11H2,1-2H3. The van der Waals surface area contributed by atoms with E-state index in [9.17, 15) is 8.42 Å². The first-order valence-corrected chi connectivity index (χ1v) is 9.78. The number of piperidine rings is 1. The number of aromatic nitrogens is 2. The van der Waals surface area contributed by atoms with E-state index in [1.165, 1.54) is 12.8 Å². The lowest BCUT2D eigenvalue weighted by atomic mass is 10.00. The minimum Gasteiger partial charge on any atom is -0.355 e. The highest BCUT2D eigenvalue weighted by Gasteiger charge is 2.31. The van der Waals surface area contributed by atoms with Gasteiger partial charge in [0.1, 0.15) is 5.82 Å². The third-order valence-electron chi connectivity index (χ3n) is 4.81. The van der Waals surface area contributed by atoms with Gasteiger partial charge in [-0.15, -0.1) is 0 Å². The summed E-state index contributed by atoms with van der Waals surface area (Å²) in [7, 11) is -0.954. The van der Waals surface area contributed by atoms with Gasteiger partial charge in [-0.3, -0.25) is 0 Å². The average Bonchev–Trinajstić information content (AvgIpc) is 2.87. The zero-order valence-corrected chi connectivity index (χ0v) is 14.1. The summed E-state index contributed by atoms with van der Waals surface area (Å²) in [4.78, 5) is 13.3. The van der Waals surface area contributed by atoms with E-state index < -0.39 is 9.84 Å². The molecule has 0 amide bonds. The predicted octanol–water partition coefficient (Wildman–Crippen LogP) is 1.34. The van der Waals surface area contributed by atoms with E-state index in [-0.39, 0.29) is 17.5 Å². The summed E-state index contributed by atoms with van der Waals surface area (Å²) in [5.41, 5.74) is 0. The Balaban J connectivity index is 1.73. The van der Waals surface area contributed by atoms with Crippen LogP contribution in [0, 0.1) is 5.92 Å². The number of sulfone groups is 1. The van der Waals surface area contributed by atoms with E-state index in [0.29, 0.717) is 6.42 Å². The van der Waals surface area contributed by atoms with Gasteiger partial charge in [0.25, 0.3) is 0 Å². The van der Waals surface area contributed by atoms with Crippen molar-refractivity contribution in [3.8, 4) is 0 Å². The van der Waals surface area contributed by atoms with E-state index in [2.05, 4.69) is 21.8 Å². The van der Waals surface area contributed by atoms with Gasteiger partial charge in [-0.2, -0.15) is 4.98 Å². The second-order valence-electron chi connectivity index (χ2n) is 6.55. The van der Waals surface area contributed by atoms with E-state index in [1.807, 2.05) is 18.0 Å². The molecule has 0 spiro atoms. The van der Waals surface area contributed by atoms with E-state index in [1.54, 1.807) is 6.20 Å². The summed E-state index contributed by atoms with van der Waals surface area (Å²) in [6.07, 6.45) is 4.80. The molecule has 0 saturated carbocycles. The lowest BCUT2D eigenvalue weighted by Gasteiger charge is -2.31. The third-order valence-corrected chi connectivity index (χ3v) is 6.56. The third kappa shape index (κ3) is 3.34. The highest BCUT2D eigenvalue weighted by Crippen LogP contribution is 2.24. The molecular formula is C15H24N4O2S. The topological polar surface area (TPSA) is 66.4 Å². The number of hydrogen-bond acceptors (Lipinski definition) is 6. The van der Waals surface area contributed by atoms with Gasteiger partial charge in [0.05, 0.1) is 11.5 Å². The van der Waals surface area contributed by atoms with Gasteiger partial charge in [0.2, 0.25) is 5.95 Å². The quantitative estimate of drug-likeness (QED) is 0.836. The lowest BCUT2D eigenvalue weighted by molar-refractivity contribution is 0.434. The first-order valence-electron chi connectivity index (χ1n) is 7.96. The molecule has 0 aliphatic carbocycles. The maximum Gasteiger partial charge on any atom is 0.227 e. The molecule has 3 heterocycles. The summed E-state index contributed by atoms with van der Waals surface area (Å²) in [6, 6.07) is 1.88. The summed E-state index contributed by atoms with van der Waals surface area (Å²) in [6.45, 7) is 4.27. The van der Waals surface area contributed by atoms with Crippen LogP contribution < -0.4 is 9.80 Å². The fourth-order valence-electron chi connectivity index (χ4n) is 3.16. The first kappa shape index (κ1) is 15.5. The normalized spacial score (nSPS) is 25.4. The van der Waals surface area contributed by atoms with Crippen molar-refractivity contribution < 1.29 is 8.42 Å².